The van der Waals surface area contributed by atoms with Gasteiger partial charge in [0.2, 0.25) is 5.91 Å². The van der Waals surface area contributed by atoms with Crippen LogP contribution in [0.2, 0.25) is 0 Å². The van der Waals surface area contributed by atoms with E-state index in [1.807, 2.05) is 36.5 Å². The van der Waals surface area contributed by atoms with Gasteiger partial charge in [0.1, 0.15) is 11.9 Å². The molecule has 1 aromatic heterocycles. The Balaban J connectivity index is 1.14. The average molecular weight is 477 g/mol. The van der Waals surface area contributed by atoms with Gasteiger partial charge in [-0.3, -0.25) is 4.79 Å². The van der Waals surface area contributed by atoms with Gasteiger partial charge in [-0.25, -0.2) is 9.78 Å². The molecule has 2 aromatic rings. The lowest BCUT2D eigenvalue weighted by Gasteiger charge is -2.34. The molecule has 3 heterocycles. The molecule has 3 fully saturated rings. The monoisotopic (exact) mass is 476 g/mol. The lowest BCUT2D eigenvalue weighted by molar-refractivity contribution is -0.150. The summed E-state index contributed by atoms with van der Waals surface area (Å²) in [7, 11) is 0. The van der Waals surface area contributed by atoms with Crippen molar-refractivity contribution in [2.45, 2.75) is 57.4 Å². The number of aliphatic carboxylic acids is 1. The summed E-state index contributed by atoms with van der Waals surface area (Å²) in [5.74, 6) is 0.725. The minimum Gasteiger partial charge on any atom is -0.480 e. The standard InChI is InChI=1S/C28H36N4O3/c33-26(34)24(32-18-14-28(27(32)35)12-2-3-13-28)19-21-6-8-23(9-7-21)31-16-10-22(11-17-31)20-30-25-5-1-4-15-29-25/h1,4-9,15,22,24H,2-3,10-14,16-20H2,(H,29,30)(H,33,34). The number of carbonyl (C=O) groups excluding carboxylic acids is 1. The third-order valence-corrected chi connectivity index (χ3v) is 8.35. The van der Waals surface area contributed by atoms with Crippen LogP contribution in [0.5, 0.6) is 0 Å². The summed E-state index contributed by atoms with van der Waals surface area (Å²) in [5, 5.41) is 13.4. The molecule has 1 aromatic carbocycles. The highest BCUT2D eigenvalue weighted by Crippen LogP contribution is 2.47. The molecule has 7 heteroatoms. The maximum atomic E-state index is 13.1. The zero-order chi connectivity index (χ0) is 24.3. The number of benzene rings is 1. The van der Waals surface area contributed by atoms with E-state index in [0.29, 0.717) is 18.9 Å². The van der Waals surface area contributed by atoms with Gasteiger partial charge in [-0.2, -0.15) is 0 Å². The largest absolute Gasteiger partial charge is 0.480 e. The number of carbonyl (C=O) groups is 2. The van der Waals surface area contributed by atoms with E-state index in [4.69, 9.17) is 0 Å². The molecule has 7 nitrogen and oxygen atoms in total. The number of amides is 1. The number of pyridine rings is 1. The molecule has 1 saturated carbocycles. The Labute approximate surface area is 207 Å². The Morgan fingerprint density at radius 2 is 1.80 bits per heavy atom. The van der Waals surface area contributed by atoms with Gasteiger partial charge in [0.15, 0.2) is 0 Å². The number of likely N-dealkylation sites (tertiary alicyclic amines) is 1. The fourth-order valence-electron chi connectivity index (χ4n) is 6.17. The van der Waals surface area contributed by atoms with Crippen molar-refractivity contribution < 1.29 is 14.7 Å². The van der Waals surface area contributed by atoms with Crippen molar-refractivity contribution >= 4 is 23.4 Å². The van der Waals surface area contributed by atoms with E-state index in [1.165, 1.54) is 5.69 Å². The number of hydrogen-bond donors (Lipinski definition) is 2. The number of anilines is 2. The molecular weight excluding hydrogens is 440 g/mol. The molecule has 1 atom stereocenters. The summed E-state index contributed by atoms with van der Waals surface area (Å²) < 4.78 is 0. The number of piperidine rings is 1. The van der Waals surface area contributed by atoms with Crippen molar-refractivity contribution in [2.24, 2.45) is 11.3 Å². The molecule has 1 unspecified atom stereocenters. The molecule has 1 aliphatic carbocycles. The van der Waals surface area contributed by atoms with Crippen molar-refractivity contribution in [3.8, 4) is 0 Å². The Morgan fingerprint density at radius 1 is 1.06 bits per heavy atom. The third-order valence-electron chi connectivity index (χ3n) is 8.35. The van der Waals surface area contributed by atoms with E-state index >= 15 is 0 Å². The number of hydrogen-bond acceptors (Lipinski definition) is 5. The topological polar surface area (TPSA) is 85.8 Å². The highest BCUT2D eigenvalue weighted by atomic mass is 16.4. The van der Waals surface area contributed by atoms with Crippen molar-refractivity contribution in [2.75, 3.05) is 36.4 Å². The fourth-order valence-corrected chi connectivity index (χ4v) is 6.17. The molecular formula is C28H36N4O3. The molecule has 0 radical (unpaired) electrons. The number of carboxylic acid groups (broad SMARTS) is 1. The van der Waals surface area contributed by atoms with Gasteiger partial charge < -0.3 is 20.2 Å². The van der Waals surface area contributed by atoms with Crippen molar-refractivity contribution in [1.29, 1.82) is 0 Å². The molecule has 0 bridgehead atoms. The first-order valence-corrected chi connectivity index (χ1v) is 13.1. The molecule has 1 amide bonds. The maximum absolute atomic E-state index is 13.1. The van der Waals surface area contributed by atoms with Gasteiger partial charge in [-0.15, -0.1) is 0 Å². The van der Waals surface area contributed by atoms with Crippen molar-refractivity contribution in [3.05, 3.63) is 54.2 Å². The van der Waals surface area contributed by atoms with E-state index in [0.717, 1.165) is 76.0 Å². The summed E-state index contributed by atoms with van der Waals surface area (Å²) in [6.07, 6.45) is 9.22. The normalized spacial score (nSPS) is 21.0. The van der Waals surface area contributed by atoms with Crippen LogP contribution in [-0.2, 0) is 16.0 Å². The number of aromatic nitrogens is 1. The Hall–Kier alpha value is -3.09. The first-order chi connectivity index (χ1) is 17.0. The number of nitrogens with one attached hydrogen (secondary N) is 1. The summed E-state index contributed by atoms with van der Waals surface area (Å²) in [6, 6.07) is 13.4. The third kappa shape index (κ3) is 5.14. The van der Waals surface area contributed by atoms with E-state index < -0.39 is 12.0 Å². The van der Waals surface area contributed by atoms with Crippen LogP contribution in [0.1, 0.15) is 50.5 Å². The smallest absolute Gasteiger partial charge is 0.326 e. The maximum Gasteiger partial charge on any atom is 0.326 e. The first kappa shape index (κ1) is 23.6. The van der Waals surface area contributed by atoms with Crippen molar-refractivity contribution in [3.63, 3.8) is 0 Å². The van der Waals surface area contributed by atoms with E-state index in [2.05, 4.69) is 27.3 Å². The van der Waals surface area contributed by atoms with Gasteiger partial charge in [-0.1, -0.05) is 31.0 Å². The number of carboxylic acids is 1. The number of rotatable bonds is 8. The average Bonchev–Trinajstić information content (AvgIpc) is 3.50. The molecule has 186 valence electrons. The Morgan fingerprint density at radius 3 is 2.46 bits per heavy atom. The molecule has 35 heavy (non-hydrogen) atoms. The minimum absolute atomic E-state index is 0.0689. The van der Waals surface area contributed by atoms with E-state index in [9.17, 15) is 14.7 Å². The van der Waals surface area contributed by atoms with Crippen molar-refractivity contribution in [1.82, 2.24) is 9.88 Å². The zero-order valence-electron chi connectivity index (χ0n) is 20.4. The molecule has 1 spiro atoms. The van der Waals surface area contributed by atoms with Crippen LogP contribution in [0.25, 0.3) is 0 Å². The van der Waals surface area contributed by atoms with Crippen LogP contribution < -0.4 is 10.2 Å². The molecule has 2 saturated heterocycles. The van der Waals surface area contributed by atoms with Gasteiger partial charge in [-0.05, 0) is 67.9 Å². The minimum atomic E-state index is -0.904. The fraction of sp³-hybridized carbons (Fsp3) is 0.536. The quantitative estimate of drug-likeness (QED) is 0.594. The Bertz CT molecular complexity index is 1010. The van der Waals surface area contributed by atoms with Gasteiger partial charge in [0, 0.05) is 44.5 Å². The highest BCUT2D eigenvalue weighted by Gasteiger charge is 2.50. The lowest BCUT2D eigenvalue weighted by atomic mass is 9.85. The van der Waals surface area contributed by atoms with Crippen LogP contribution in [0.4, 0.5) is 11.5 Å². The van der Waals surface area contributed by atoms with Gasteiger partial charge in [0.25, 0.3) is 0 Å². The van der Waals surface area contributed by atoms with Crippen LogP contribution in [-0.4, -0.2) is 59.1 Å². The summed E-state index contributed by atoms with van der Waals surface area (Å²) in [5.41, 5.74) is 1.87. The predicted molar refractivity (Wildman–Crippen MR) is 136 cm³/mol. The van der Waals surface area contributed by atoms with Gasteiger partial charge in [0.05, 0.1) is 5.41 Å². The highest BCUT2D eigenvalue weighted by molar-refractivity contribution is 5.89. The molecule has 2 N–H and O–H groups in total. The molecule has 5 rings (SSSR count). The Kier molecular flexibility index (Phi) is 6.93. The molecule has 3 aliphatic rings. The second-order valence-corrected chi connectivity index (χ2v) is 10.5. The van der Waals surface area contributed by atoms with Crippen LogP contribution in [0.15, 0.2) is 48.7 Å². The molecule has 2 aliphatic heterocycles. The van der Waals surface area contributed by atoms with Crippen LogP contribution in [0.3, 0.4) is 0 Å². The SMILES string of the molecule is O=C(O)C(Cc1ccc(N2CCC(CNc3ccccn3)CC2)cc1)N1CCC2(CCCC2)C1=O. The predicted octanol–water partition coefficient (Wildman–Crippen LogP) is 4.20. The lowest BCUT2D eigenvalue weighted by Crippen LogP contribution is -2.46. The number of nitrogens with zero attached hydrogens (tertiary/aromatic N) is 3. The summed E-state index contributed by atoms with van der Waals surface area (Å²) >= 11 is 0. The van der Waals surface area contributed by atoms with E-state index in [-0.39, 0.29) is 11.3 Å². The van der Waals surface area contributed by atoms with Crippen LogP contribution >= 0.6 is 0 Å². The summed E-state index contributed by atoms with van der Waals surface area (Å²) in [6.45, 7) is 3.53. The van der Waals surface area contributed by atoms with Crippen LogP contribution in [0, 0.1) is 11.3 Å². The first-order valence-electron chi connectivity index (χ1n) is 13.1. The second kappa shape index (κ2) is 10.3. The summed E-state index contributed by atoms with van der Waals surface area (Å²) in [4.78, 5) is 33.6. The zero-order valence-corrected chi connectivity index (χ0v) is 20.4. The van der Waals surface area contributed by atoms with E-state index in [1.54, 1.807) is 4.90 Å². The van der Waals surface area contributed by atoms with Gasteiger partial charge >= 0.3 is 5.97 Å². The second-order valence-electron chi connectivity index (χ2n) is 10.5.